The van der Waals surface area contributed by atoms with Gasteiger partial charge in [-0.25, -0.2) is 0 Å². The van der Waals surface area contributed by atoms with E-state index in [1.54, 1.807) is 0 Å². The highest BCUT2D eigenvalue weighted by molar-refractivity contribution is 9.10. The molecule has 0 aromatic heterocycles. The molecule has 2 rings (SSSR count). The van der Waals surface area contributed by atoms with Crippen molar-refractivity contribution in [2.24, 2.45) is 5.41 Å². The summed E-state index contributed by atoms with van der Waals surface area (Å²) in [5.74, 6) is 0. The van der Waals surface area contributed by atoms with E-state index in [9.17, 15) is 5.11 Å². The molecule has 1 aliphatic heterocycles. The lowest BCUT2D eigenvalue weighted by molar-refractivity contribution is -0.130. The maximum Gasteiger partial charge on any atom is 0.0584 e. The van der Waals surface area contributed by atoms with E-state index in [2.05, 4.69) is 46.9 Å². The Bertz CT molecular complexity index is 399. The third kappa shape index (κ3) is 2.64. The second kappa shape index (κ2) is 4.96. The number of aliphatic hydroxyl groups is 1. The van der Waals surface area contributed by atoms with E-state index in [1.807, 2.05) is 6.07 Å². The van der Waals surface area contributed by atoms with Crippen LogP contribution in [0.1, 0.15) is 5.56 Å². The molecule has 0 radical (unpaired) electrons. The van der Waals surface area contributed by atoms with Crippen molar-refractivity contribution in [3.63, 3.8) is 0 Å². The van der Waals surface area contributed by atoms with Gasteiger partial charge in [0.15, 0.2) is 0 Å². The normalized spacial score (nSPS) is 17.6. The summed E-state index contributed by atoms with van der Waals surface area (Å²) in [6.07, 6.45) is 0. The van der Waals surface area contributed by atoms with Gasteiger partial charge < -0.3 is 14.7 Å². The summed E-state index contributed by atoms with van der Waals surface area (Å²) in [4.78, 5) is 2.19. The average Bonchev–Trinajstić information content (AvgIpc) is 2.26. The highest BCUT2D eigenvalue weighted by Crippen LogP contribution is 2.31. The van der Waals surface area contributed by atoms with Crippen molar-refractivity contribution in [2.75, 3.05) is 38.3 Å². The molecule has 1 aromatic carbocycles. The monoisotopic (exact) mass is 299 g/mol. The lowest BCUT2D eigenvalue weighted by Gasteiger charge is -2.43. The first kappa shape index (κ1) is 12.9. The van der Waals surface area contributed by atoms with Crippen LogP contribution in [0.15, 0.2) is 22.7 Å². The Hall–Kier alpha value is -0.580. The summed E-state index contributed by atoms with van der Waals surface area (Å²) in [6.45, 7) is 4.41. The zero-order chi connectivity index (χ0) is 12.5. The van der Waals surface area contributed by atoms with E-state index in [0.29, 0.717) is 13.2 Å². The van der Waals surface area contributed by atoms with Crippen LogP contribution in [0.3, 0.4) is 0 Å². The van der Waals surface area contributed by atoms with Crippen LogP contribution in [0.4, 0.5) is 5.69 Å². The number of ether oxygens (including phenoxy) is 1. The largest absolute Gasteiger partial charge is 0.396 e. The molecule has 94 valence electrons. The molecule has 1 N–H and O–H groups in total. The lowest BCUT2D eigenvalue weighted by atomic mass is 9.86. The summed E-state index contributed by atoms with van der Waals surface area (Å²) in [5.41, 5.74) is 2.35. The molecule has 1 aliphatic rings. The summed E-state index contributed by atoms with van der Waals surface area (Å²) < 4.78 is 6.30. The molecule has 0 aliphatic carbocycles. The fourth-order valence-electron chi connectivity index (χ4n) is 2.21. The smallest absolute Gasteiger partial charge is 0.0584 e. The first-order chi connectivity index (χ1) is 8.06. The molecule has 3 nitrogen and oxygen atoms in total. The lowest BCUT2D eigenvalue weighted by Crippen LogP contribution is -2.52. The topological polar surface area (TPSA) is 32.7 Å². The molecule has 0 atom stereocenters. The zero-order valence-corrected chi connectivity index (χ0v) is 11.8. The molecule has 0 bridgehead atoms. The third-order valence-electron chi connectivity index (χ3n) is 3.31. The van der Waals surface area contributed by atoms with Crippen LogP contribution in [-0.4, -0.2) is 38.5 Å². The molecule has 17 heavy (non-hydrogen) atoms. The molecule has 4 heteroatoms. The molecule has 0 spiro atoms. The van der Waals surface area contributed by atoms with Gasteiger partial charge in [0.1, 0.15) is 0 Å². The minimum absolute atomic E-state index is 0.0799. The molecule has 0 unspecified atom stereocenters. The van der Waals surface area contributed by atoms with Gasteiger partial charge in [0.2, 0.25) is 0 Å². The van der Waals surface area contributed by atoms with Crippen LogP contribution in [-0.2, 0) is 4.74 Å². The van der Waals surface area contributed by atoms with Crippen molar-refractivity contribution >= 4 is 21.6 Å². The molecule has 1 aromatic rings. The number of hydrogen-bond donors (Lipinski definition) is 1. The fraction of sp³-hybridized carbons (Fsp3) is 0.538. The summed E-state index contributed by atoms with van der Waals surface area (Å²) >= 11 is 3.49. The number of benzene rings is 1. The molecule has 1 saturated heterocycles. The maximum atomic E-state index is 9.44. The van der Waals surface area contributed by atoms with Crippen LogP contribution in [0, 0.1) is 12.3 Å². The maximum absolute atomic E-state index is 9.44. The van der Waals surface area contributed by atoms with Crippen molar-refractivity contribution in [2.45, 2.75) is 6.92 Å². The number of aryl methyl sites for hydroxylation is 1. The van der Waals surface area contributed by atoms with Crippen molar-refractivity contribution in [3.8, 4) is 0 Å². The predicted octanol–water partition coefficient (Wildman–Crippen LogP) is 2.20. The highest BCUT2D eigenvalue weighted by Gasteiger charge is 2.39. The standard InChI is InChI=1S/C13H18BrNO2/c1-10-3-4-11(14)5-12(10)15(2)6-13(7-16)8-17-9-13/h3-5,16H,6-9H2,1-2H3. The quantitative estimate of drug-likeness (QED) is 0.925. The van der Waals surface area contributed by atoms with Crippen LogP contribution in [0.2, 0.25) is 0 Å². The van der Waals surface area contributed by atoms with Gasteiger partial charge in [-0.3, -0.25) is 0 Å². The number of halogens is 1. The van der Waals surface area contributed by atoms with E-state index in [1.165, 1.54) is 11.3 Å². The fourth-order valence-corrected chi connectivity index (χ4v) is 2.55. The molecular weight excluding hydrogens is 282 g/mol. The van der Waals surface area contributed by atoms with Gasteiger partial charge in [0.05, 0.1) is 25.2 Å². The Kier molecular flexibility index (Phi) is 3.76. The minimum Gasteiger partial charge on any atom is -0.396 e. The van der Waals surface area contributed by atoms with Gasteiger partial charge in [0.25, 0.3) is 0 Å². The Morgan fingerprint density at radius 3 is 2.71 bits per heavy atom. The Morgan fingerprint density at radius 1 is 1.47 bits per heavy atom. The minimum atomic E-state index is -0.0799. The van der Waals surface area contributed by atoms with Crippen LogP contribution < -0.4 is 4.90 Å². The second-order valence-corrected chi connectivity index (χ2v) is 5.85. The van der Waals surface area contributed by atoms with E-state index in [4.69, 9.17) is 4.74 Å². The number of aliphatic hydroxyl groups excluding tert-OH is 1. The highest BCUT2D eigenvalue weighted by atomic mass is 79.9. The number of anilines is 1. The predicted molar refractivity (Wildman–Crippen MR) is 72.5 cm³/mol. The van der Waals surface area contributed by atoms with E-state index in [-0.39, 0.29) is 12.0 Å². The average molecular weight is 300 g/mol. The molecular formula is C13H18BrNO2. The van der Waals surface area contributed by atoms with Gasteiger partial charge >= 0.3 is 0 Å². The number of rotatable bonds is 4. The van der Waals surface area contributed by atoms with Gasteiger partial charge in [0, 0.05) is 23.8 Å². The van der Waals surface area contributed by atoms with Crippen LogP contribution in [0.5, 0.6) is 0 Å². The van der Waals surface area contributed by atoms with E-state index < -0.39 is 0 Å². The molecule has 1 fully saturated rings. The Labute approximate surface area is 111 Å². The SMILES string of the molecule is Cc1ccc(Br)cc1N(C)CC1(CO)COC1. The van der Waals surface area contributed by atoms with E-state index in [0.717, 1.165) is 11.0 Å². The van der Waals surface area contributed by atoms with Gasteiger partial charge in [-0.15, -0.1) is 0 Å². The number of nitrogens with zero attached hydrogens (tertiary/aromatic N) is 1. The Balaban J connectivity index is 2.13. The number of hydrogen-bond acceptors (Lipinski definition) is 3. The summed E-state index contributed by atoms with van der Waals surface area (Å²) in [5, 5.41) is 9.44. The Morgan fingerprint density at radius 2 is 2.18 bits per heavy atom. The van der Waals surface area contributed by atoms with Crippen molar-refractivity contribution in [1.82, 2.24) is 0 Å². The zero-order valence-electron chi connectivity index (χ0n) is 10.2. The van der Waals surface area contributed by atoms with Crippen molar-refractivity contribution in [3.05, 3.63) is 28.2 Å². The summed E-state index contributed by atoms with van der Waals surface area (Å²) in [7, 11) is 2.06. The third-order valence-corrected chi connectivity index (χ3v) is 3.80. The molecule has 0 saturated carbocycles. The second-order valence-electron chi connectivity index (χ2n) is 4.94. The molecule has 1 heterocycles. The van der Waals surface area contributed by atoms with Gasteiger partial charge in [-0.2, -0.15) is 0 Å². The van der Waals surface area contributed by atoms with E-state index >= 15 is 0 Å². The van der Waals surface area contributed by atoms with Crippen LogP contribution >= 0.6 is 15.9 Å². The first-order valence-electron chi connectivity index (χ1n) is 5.72. The van der Waals surface area contributed by atoms with Crippen LogP contribution in [0.25, 0.3) is 0 Å². The van der Waals surface area contributed by atoms with Crippen molar-refractivity contribution in [1.29, 1.82) is 0 Å². The first-order valence-corrected chi connectivity index (χ1v) is 6.51. The summed E-state index contributed by atoms with van der Waals surface area (Å²) in [6, 6.07) is 6.25. The van der Waals surface area contributed by atoms with Gasteiger partial charge in [-0.1, -0.05) is 22.0 Å². The van der Waals surface area contributed by atoms with Gasteiger partial charge in [-0.05, 0) is 24.6 Å². The van der Waals surface area contributed by atoms with Crippen molar-refractivity contribution < 1.29 is 9.84 Å². The molecule has 0 amide bonds.